The van der Waals surface area contributed by atoms with Gasteiger partial charge >= 0.3 is 0 Å². The van der Waals surface area contributed by atoms with Gasteiger partial charge in [0.15, 0.2) is 6.10 Å². The third kappa shape index (κ3) is 4.65. The van der Waals surface area contributed by atoms with E-state index in [4.69, 9.17) is 10.5 Å². The summed E-state index contributed by atoms with van der Waals surface area (Å²) in [4.78, 5) is 14.1. The number of rotatable bonds is 3. The maximum Gasteiger partial charge on any atom is 0.263 e. The van der Waals surface area contributed by atoms with E-state index in [9.17, 15) is 4.79 Å². The maximum atomic E-state index is 12.3. The average Bonchev–Trinajstić information content (AvgIpc) is 2.38. The number of benzene rings is 1. The van der Waals surface area contributed by atoms with Crippen LogP contribution < -0.4 is 10.5 Å². The lowest BCUT2D eigenvalue weighted by Gasteiger charge is -2.32. The second-order valence-electron chi connectivity index (χ2n) is 4.90. The van der Waals surface area contributed by atoms with Crippen LogP contribution in [0.5, 0.6) is 5.75 Å². The van der Waals surface area contributed by atoms with E-state index < -0.39 is 6.10 Å². The average molecular weight is 364 g/mol. The molecule has 1 fully saturated rings. The Morgan fingerprint density at radius 2 is 2.30 bits per heavy atom. The van der Waals surface area contributed by atoms with Gasteiger partial charge in [0.05, 0.1) is 0 Å². The van der Waals surface area contributed by atoms with Gasteiger partial charge in [-0.1, -0.05) is 22.0 Å². The molecule has 1 aromatic rings. The number of hydrogen-bond acceptors (Lipinski definition) is 3. The molecule has 2 atom stereocenters. The Morgan fingerprint density at radius 1 is 1.55 bits per heavy atom. The summed E-state index contributed by atoms with van der Waals surface area (Å²) in [6.45, 7) is 3.19. The number of piperidine rings is 1. The second kappa shape index (κ2) is 7.86. The quantitative estimate of drug-likeness (QED) is 0.898. The van der Waals surface area contributed by atoms with Gasteiger partial charge in [-0.05, 0) is 38.0 Å². The summed E-state index contributed by atoms with van der Waals surface area (Å²) in [6.07, 6.45) is 1.47. The number of amides is 1. The standard InChI is InChI=1S/C14H19BrN2O2.ClH/c1-10(19-13-6-2-4-11(15)8-13)14(18)17-7-3-5-12(16)9-17;/h2,4,6,8,10,12H,3,5,7,9,16H2,1H3;1H. The summed E-state index contributed by atoms with van der Waals surface area (Å²) in [5.74, 6) is 0.701. The third-order valence-corrected chi connectivity index (χ3v) is 3.72. The van der Waals surface area contributed by atoms with Gasteiger partial charge in [-0.15, -0.1) is 12.4 Å². The summed E-state index contributed by atoms with van der Waals surface area (Å²) in [5, 5.41) is 0. The lowest BCUT2D eigenvalue weighted by molar-refractivity contribution is -0.139. The lowest BCUT2D eigenvalue weighted by atomic mass is 10.1. The lowest BCUT2D eigenvalue weighted by Crippen LogP contribution is -2.49. The molecule has 0 spiro atoms. The van der Waals surface area contributed by atoms with Crippen molar-refractivity contribution in [2.45, 2.75) is 31.9 Å². The topological polar surface area (TPSA) is 55.6 Å². The number of carbonyl (C=O) groups is 1. The Hall–Kier alpha value is -0.780. The first-order chi connectivity index (χ1) is 9.06. The van der Waals surface area contributed by atoms with E-state index in [0.29, 0.717) is 12.3 Å². The molecule has 1 aromatic carbocycles. The molecular weight excluding hydrogens is 344 g/mol. The van der Waals surface area contributed by atoms with Crippen LogP contribution in [0, 0.1) is 0 Å². The van der Waals surface area contributed by atoms with Crippen molar-refractivity contribution < 1.29 is 9.53 Å². The molecule has 1 amide bonds. The SMILES string of the molecule is CC(Oc1cccc(Br)c1)C(=O)N1CCCC(N)C1.Cl. The monoisotopic (exact) mass is 362 g/mol. The van der Waals surface area contributed by atoms with E-state index in [1.807, 2.05) is 24.3 Å². The molecular formula is C14H20BrClN2O2. The van der Waals surface area contributed by atoms with Crippen LogP contribution in [0.15, 0.2) is 28.7 Å². The fourth-order valence-corrected chi connectivity index (χ4v) is 2.64. The van der Waals surface area contributed by atoms with E-state index in [1.54, 1.807) is 11.8 Å². The van der Waals surface area contributed by atoms with Crippen LogP contribution in [0.1, 0.15) is 19.8 Å². The highest BCUT2D eigenvalue weighted by Crippen LogP contribution is 2.20. The molecule has 1 saturated heterocycles. The van der Waals surface area contributed by atoms with Crippen molar-refractivity contribution in [3.05, 3.63) is 28.7 Å². The van der Waals surface area contributed by atoms with Crippen molar-refractivity contribution in [1.29, 1.82) is 0 Å². The molecule has 2 rings (SSSR count). The number of likely N-dealkylation sites (tertiary alicyclic amines) is 1. The van der Waals surface area contributed by atoms with Crippen molar-refractivity contribution in [1.82, 2.24) is 4.90 Å². The summed E-state index contributed by atoms with van der Waals surface area (Å²) in [6, 6.07) is 7.59. The minimum atomic E-state index is -0.486. The van der Waals surface area contributed by atoms with Crippen molar-refractivity contribution in [2.24, 2.45) is 5.73 Å². The molecule has 112 valence electrons. The molecule has 1 aliphatic heterocycles. The summed E-state index contributed by atoms with van der Waals surface area (Å²) >= 11 is 3.38. The maximum absolute atomic E-state index is 12.3. The molecule has 0 saturated carbocycles. The van der Waals surface area contributed by atoms with Crippen LogP contribution in [-0.4, -0.2) is 36.0 Å². The highest BCUT2D eigenvalue weighted by atomic mass is 79.9. The molecule has 1 aliphatic rings. The summed E-state index contributed by atoms with van der Waals surface area (Å²) in [5.41, 5.74) is 5.89. The number of ether oxygens (including phenoxy) is 1. The van der Waals surface area contributed by atoms with Gasteiger partial charge in [0.25, 0.3) is 5.91 Å². The predicted molar refractivity (Wildman–Crippen MR) is 85.3 cm³/mol. The third-order valence-electron chi connectivity index (χ3n) is 3.23. The van der Waals surface area contributed by atoms with E-state index in [0.717, 1.165) is 23.9 Å². The molecule has 0 radical (unpaired) electrons. The van der Waals surface area contributed by atoms with Crippen LogP contribution in [0.4, 0.5) is 0 Å². The van der Waals surface area contributed by atoms with Gasteiger partial charge in [-0.2, -0.15) is 0 Å². The molecule has 4 nitrogen and oxygen atoms in total. The van der Waals surface area contributed by atoms with Crippen LogP contribution >= 0.6 is 28.3 Å². The second-order valence-corrected chi connectivity index (χ2v) is 5.82. The van der Waals surface area contributed by atoms with Gasteiger partial charge in [0.1, 0.15) is 5.75 Å². The number of carbonyl (C=O) groups excluding carboxylic acids is 1. The van der Waals surface area contributed by atoms with Gasteiger partial charge in [-0.25, -0.2) is 0 Å². The fourth-order valence-electron chi connectivity index (χ4n) is 2.26. The highest BCUT2D eigenvalue weighted by Gasteiger charge is 2.26. The zero-order valence-corrected chi connectivity index (χ0v) is 13.8. The van der Waals surface area contributed by atoms with Crippen molar-refractivity contribution in [2.75, 3.05) is 13.1 Å². The van der Waals surface area contributed by atoms with Crippen LogP contribution in [0.2, 0.25) is 0 Å². The number of nitrogens with two attached hydrogens (primary N) is 1. The zero-order valence-electron chi connectivity index (χ0n) is 11.4. The number of nitrogens with zero attached hydrogens (tertiary/aromatic N) is 1. The van der Waals surface area contributed by atoms with E-state index in [-0.39, 0.29) is 24.4 Å². The zero-order chi connectivity index (χ0) is 13.8. The minimum absolute atomic E-state index is 0. The molecule has 0 aromatic heterocycles. The molecule has 6 heteroatoms. The smallest absolute Gasteiger partial charge is 0.263 e. The number of halogens is 2. The Bertz CT molecular complexity index is 459. The van der Waals surface area contributed by atoms with E-state index >= 15 is 0 Å². The van der Waals surface area contributed by atoms with Gasteiger partial charge in [0, 0.05) is 23.6 Å². The van der Waals surface area contributed by atoms with Crippen molar-refractivity contribution in [3.8, 4) is 5.75 Å². The number of hydrogen-bond donors (Lipinski definition) is 1. The summed E-state index contributed by atoms with van der Waals surface area (Å²) in [7, 11) is 0. The van der Waals surface area contributed by atoms with Gasteiger partial charge < -0.3 is 15.4 Å². The molecule has 0 bridgehead atoms. The van der Waals surface area contributed by atoms with Crippen molar-refractivity contribution >= 4 is 34.2 Å². The first-order valence-corrected chi connectivity index (χ1v) is 7.32. The largest absolute Gasteiger partial charge is 0.481 e. The van der Waals surface area contributed by atoms with E-state index in [1.165, 1.54) is 0 Å². The Morgan fingerprint density at radius 3 is 2.95 bits per heavy atom. The Balaban J connectivity index is 0.00000200. The first-order valence-electron chi connectivity index (χ1n) is 6.53. The minimum Gasteiger partial charge on any atom is -0.481 e. The molecule has 2 N–H and O–H groups in total. The van der Waals surface area contributed by atoms with Crippen LogP contribution in [-0.2, 0) is 4.79 Å². The Labute approximate surface area is 134 Å². The molecule has 20 heavy (non-hydrogen) atoms. The van der Waals surface area contributed by atoms with E-state index in [2.05, 4.69) is 15.9 Å². The first kappa shape index (κ1) is 17.3. The predicted octanol–water partition coefficient (Wildman–Crippen LogP) is 2.59. The molecule has 1 heterocycles. The normalized spacial score (nSPS) is 19.9. The van der Waals surface area contributed by atoms with Crippen LogP contribution in [0.25, 0.3) is 0 Å². The molecule has 2 unspecified atom stereocenters. The summed E-state index contributed by atoms with van der Waals surface area (Å²) < 4.78 is 6.62. The molecule has 0 aliphatic carbocycles. The van der Waals surface area contributed by atoms with Gasteiger partial charge in [-0.3, -0.25) is 4.79 Å². The van der Waals surface area contributed by atoms with Crippen molar-refractivity contribution in [3.63, 3.8) is 0 Å². The fraction of sp³-hybridized carbons (Fsp3) is 0.500. The van der Waals surface area contributed by atoms with Gasteiger partial charge in [0.2, 0.25) is 0 Å². The Kier molecular flexibility index (Phi) is 6.79. The highest BCUT2D eigenvalue weighted by molar-refractivity contribution is 9.10. The van der Waals surface area contributed by atoms with Crippen LogP contribution in [0.3, 0.4) is 0 Å².